The van der Waals surface area contributed by atoms with Gasteiger partial charge in [-0.25, -0.2) is 0 Å². The van der Waals surface area contributed by atoms with Crippen LogP contribution in [0.4, 0.5) is 0 Å². The Morgan fingerprint density at radius 3 is 2.16 bits per heavy atom. The van der Waals surface area contributed by atoms with Crippen molar-refractivity contribution in [2.45, 2.75) is 92.4 Å². The van der Waals surface area contributed by atoms with Crippen molar-refractivity contribution in [3.05, 3.63) is 35.4 Å². The maximum Gasteiger partial charge on any atom is 0.305 e. The highest BCUT2D eigenvalue weighted by Gasteiger charge is 2.06. The summed E-state index contributed by atoms with van der Waals surface area (Å²) in [5.41, 5.74) is 2.88. The average molecular weight is 349 g/mol. The molecular formula is C23H40O2. The number of benzene rings is 1. The maximum absolute atomic E-state index is 11.3. The van der Waals surface area contributed by atoms with Crippen molar-refractivity contribution in [1.82, 2.24) is 0 Å². The molecule has 0 bridgehead atoms. The molecule has 0 radical (unpaired) electrons. The van der Waals surface area contributed by atoms with E-state index in [2.05, 4.69) is 38.1 Å². The minimum absolute atomic E-state index is 0.0607. The molecule has 0 saturated carbocycles. The van der Waals surface area contributed by atoms with Crippen LogP contribution in [0.3, 0.4) is 0 Å². The van der Waals surface area contributed by atoms with E-state index in [1.807, 2.05) is 20.8 Å². The molecule has 0 aliphatic heterocycles. The Balaban J connectivity index is 0.00000277. The Morgan fingerprint density at radius 1 is 0.960 bits per heavy atom. The van der Waals surface area contributed by atoms with Gasteiger partial charge in [0.05, 0.1) is 6.61 Å². The van der Waals surface area contributed by atoms with Gasteiger partial charge < -0.3 is 4.74 Å². The quantitative estimate of drug-likeness (QED) is 0.308. The molecule has 2 nitrogen and oxygen atoms in total. The number of aryl methyl sites for hydroxylation is 1. The average Bonchev–Trinajstić information content (AvgIpc) is 2.64. The molecule has 0 aliphatic carbocycles. The van der Waals surface area contributed by atoms with Crippen LogP contribution in [-0.2, 0) is 22.4 Å². The Labute approximate surface area is 156 Å². The first kappa shape index (κ1) is 23.7. The molecule has 0 aromatic heterocycles. The lowest BCUT2D eigenvalue weighted by Gasteiger charge is -2.14. The van der Waals surface area contributed by atoms with Crippen LogP contribution in [0.15, 0.2) is 24.3 Å². The zero-order valence-corrected chi connectivity index (χ0v) is 17.3. The van der Waals surface area contributed by atoms with Crippen LogP contribution in [0.1, 0.15) is 90.7 Å². The summed E-state index contributed by atoms with van der Waals surface area (Å²) in [6.45, 7) is 10.9. The maximum atomic E-state index is 11.3. The largest absolute Gasteiger partial charge is 0.466 e. The molecule has 1 unspecified atom stereocenters. The first-order valence-corrected chi connectivity index (χ1v) is 10.4. The van der Waals surface area contributed by atoms with Crippen LogP contribution in [0.5, 0.6) is 0 Å². The van der Waals surface area contributed by atoms with Gasteiger partial charge in [-0.3, -0.25) is 4.79 Å². The lowest BCUT2D eigenvalue weighted by atomic mass is 9.92. The molecule has 144 valence electrons. The fourth-order valence-electron chi connectivity index (χ4n) is 3.04. The van der Waals surface area contributed by atoms with E-state index < -0.39 is 0 Å². The van der Waals surface area contributed by atoms with Crippen LogP contribution in [0, 0.1) is 5.92 Å². The Morgan fingerprint density at radius 2 is 1.60 bits per heavy atom. The van der Waals surface area contributed by atoms with Gasteiger partial charge in [-0.1, -0.05) is 77.6 Å². The summed E-state index contributed by atoms with van der Waals surface area (Å²) in [7, 11) is 0. The fraction of sp³-hybridized carbons (Fsp3) is 0.696. The van der Waals surface area contributed by atoms with Crippen LogP contribution in [0.2, 0.25) is 0 Å². The second-order valence-electron chi connectivity index (χ2n) is 6.45. The Bertz CT molecular complexity index is 422. The standard InChI is InChI=1S/C21H34O2.C2H6/c1-4-10-18(5-2)17-20-15-13-19(14-16-20)11-8-7-9-12-21(22)23-6-3;1-2/h13-16,18H,4-12,17H2,1-3H3;1-2H3. The Hall–Kier alpha value is -1.31. The second-order valence-corrected chi connectivity index (χ2v) is 6.45. The highest BCUT2D eigenvalue weighted by molar-refractivity contribution is 5.69. The molecule has 0 heterocycles. The van der Waals surface area contributed by atoms with Crippen LogP contribution in [0.25, 0.3) is 0 Å². The van der Waals surface area contributed by atoms with Crippen LogP contribution < -0.4 is 0 Å². The van der Waals surface area contributed by atoms with Gasteiger partial charge in [0.1, 0.15) is 0 Å². The predicted octanol–water partition coefficient (Wildman–Crippen LogP) is 6.75. The minimum atomic E-state index is -0.0607. The summed E-state index contributed by atoms with van der Waals surface area (Å²) < 4.78 is 4.94. The molecule has 1 aromatic rings. The molecular weight excluding hydrogens is 308 g/mol. The number of ether oxygens (including phenoxy) is 1. The molecule has 0 N–H and O–H groups in total. The number of carbonyl (C=O) groups is 1. The number of carbonyl (C=O) groups excluding carboxylic acids is 1. The first-order valence-electron chi connectivity index (χ1n) is 10.4. The SMILES string of the molecule is CC.CCCC(CC)Cc1ccc(CCCCCC(=O)OCC)cc1. The smallest absolute Gasteiger partial charge is 0.305 e. The molecule has 25 heavy (non-hydrogen) atoms. The minimum Gasteiger partial charge on any atom is -0.466 e. The van der Waals surface area contributed by atoms with E-state index in [1.54, 1.807) is 0 Å². The van der Waals surface area contributed by atoms with Gasteiger partial charge in [0, 0.05) is 6.42 Å². The third-order valence-electron chi connectivity index (χ3n) is 4.47. The van der Waals surface area contributed by atoms with Crippen molar-refractivity contribution in [3.63, 3.8) is 0 Å². The van der Waals surface area contributed by atoms with Gasteiger partial charge in [-0.2, -0.15) is 0 Å². The van der Waals surface area contributed by atoms with E-state index in [9.17, 15) is 4.79 Å². The van der Waals surface area contributed by atoms with Crippen molar-refractivity contribution >= 4 is 5.97 Å². The van der Waals surface area contributed by atoms with Crippen molar-refractivity contribution in [2.75, 3.05) is 6.61 Å². The molecule has 0 aliphatic rings. The van der Waals surface area contributed by atoms with E-state index in [-0.39, 0.29) is 5.97 Å². The number of hydrogen-bond acceptors (Lipinski definition) is 2. The van der Waals surface area contributed by atoms with Crippen molar-refractivity contribution in [1.29, 1.82) is 0 Å². The number of unbranched alkanes of at least 4 members (excludes halogenated alkanes) is 2. The molecule has 1 aromatic carbocycles. The van der Waals surface area contributed by atoms with Gasteiger partial charge in [0.2, 0.25) is 0 Å². The van der Waals surface area contributed by atoms with Crippen LogP contribution in [-0.4, -0.2) is 12.6 Å². The van der Waals surface area contributed by atoms with Crippen molar-refractivity contribution in [3.8, 4) is 0 Å². The number of esters is 1. The summed E-state index contributed by atoms with van der Waals surface area (Å²) in [5.74, 6) is 0.767. The summed E-state index contributed by atoms with van der Waals surface area (Å²) in [6.07, 6.45) is 9.94. The van der Waals surface area contributed by atoms with Crippen LogP contribution >= 0.6 is 0 Å². The van der Waals surface area contributed by atoms with Gasteiger partial charge in [-0.15, -0.1) is 0 Å². The zero-order valence-electron chi connectivity index (χ0n) is 17.3. The van der Waals surface area contributed by atoms with E-state index >= 15 is 0 Å². The lowest BCUT2D eigenvalue weighted by Crippen LogP contribution is -2.03. The van der Waals surface area contributed by atoms with E-state index in [4.69, 9.17) is 4.74 Å². The second kappa shape index (κ2) is 16.2. The number of hydrogen-bond donors (Lipinski definition) is 0. The van der Waals surface area contributed by atoms with Crippen molar-refractivity contribution in [2.24, 2.45) is 5.92 Å². The summed E-state index contributed by atoms with van der Waals surface area (Å²) in [4.78, 5) is 11.3. The van der Waals surface area contributed by atoms with E-state index in [1.165, 1.54) is 36.8 Å². The molecule has 1 rings (SSSR count). The third kappa shape index (κ3) is 11.8. The molecule has 0 spiro atoms. The zero-order chi connectivity index (χ0) is 18.9. The van der Waals surface area contributed by atoms with Gasteiger partial charge in [0.25, 0.3) is 0 Å². The van der Waals surface area contributed by atoms with Gasteiger partial charge in [-0.05, 0) is 49.7 Å². The summed E-state index contributed by atoms with van der Waals surface area (Å²) >= 11 is 0. The first-order chi connectivity index (χ1) is 12.2. The molecule has 0 fully saturated rings. The monoisotopic (exact) mass is 348 g/mol. The lowest BCUT2D eigenvalue weighted by molar-refractivity contribution is -0.143. The fourth-order valence-corrected chi connectivity index (χ4v) is 3.04. The Kier molecular flexibility index (Phi) is 15.3. The van der Waals surface area contributed by atoms with E-state index in [0.29, 0.717) is 13.0 Å². The number of rotatable bonds is 12. The molecule has 0 saturated heterocycles. The molecule has 0 amide bonds. The molecule has 2 heteroatoms. The van der Waals surface area contributed by atoms with Crippen molar-refractivity contribution < 1.29 is 9.53 Å². The molecule has 1 atom stereocenters. The van der Waals surface area contributed by atoms with Gasteiger partial charge in [0.15, 0.2) is 0 Å². The van der Waals surface area contributed by atoms with Gasteiger partial charge >= 0.3 is 5.97 Å². The predicted molar refractivity (Wildman–Crippen MR) is 109 cm³/mol. The normalized spacial score (nSPS) is 11.4. The van der Waals surface area contributed by atoms with E-state index in [0.717, 1.165) is 31.6 Å². The topological polar surface area (TPSA) is 26.3 Å². The highest BCUT2D eigenvalue weighted by atomic mass is 16.5. The summed E-state index contributed by atoms with van der Waals surface area (Å²) in [6, 6.07) is 9.15. The third-order valence-corrected chi connectivity index (χ3v) is 4.47. The highest BCUT2D eigenvalue weighted by Crippen LogP contribution is 2.18. The summed E-state index contributed by atoms with van der Waals surface area (Å²) in [5, 5.41) is 0.